The second-order valence-electron chi connectivity index (χ2n) is 11.3. The Balaban J connectivity index is 1.74. The Labute approximate surface area is 164 Å². The number of epoxide rings is 1. The van der Waals surface area contributed by atoms with Crippen molar-refractivity contribution in [3.63, 3.8) is 0 Å². The smallest absolute Gasteiger partial charge is 0.309 e. The van der Waals surface area contributed by atoms with Crippen molar-refractivity contribution < 1.29 is 23.8 Å². The van der Waals surface area contributed by atoms with Gasteiger partial charge in [-0.25, -0.2) is 0 Å². The number of hydrogen-bond acceptors (Lipinski definition) is 5. The van der Waals surface area contributed by atoms with Gasteiger partial charge in [0.15, 0.2) is 8.32 Å². The zero-order valence-electron chi connectivity index (χ0n) is 18.1. The number of esters is 1. The molecular weight excluding hydrogens is 360 g/mol. The molecule has 4 fully saturated rings. The third-order valence-electron chi connectivity index (χ3n) is 8.99. The highest BCUT2D eigenvalue weighted by Crippen LogP contribution is 2.73. The van der Waals surface area contributed by atoms with Crippen LogP contribution in [0.4, 0.5) is 0 Å². The zero-order valence-corrected chi connectivity index (χ0v) is 19.1. The van der Waals surface area contributed by atoms with Crippen molar-refractivity contribution in [2.24, 2.45) is 17.3 Å². The van der Waals surface area contributed by atoms with E-state index in [4.69, 9.17) is 13.9 Å². The number of aliphatic hydroxyl groups excluding tert-OH is 1. The minimum absolute atomic E-state index is 0.0838. The van der Waals surface area contributed by atoms with E-state index in [2.05, 4.69) is 40.8 Å². The third-order valence-corrected chi connectivity index (χ3v) is 13.5. The molecule has 2 saturated heterocycles. The summed E-state index contributed by atoms with van der Waals surface area (Å²) in [4.78, 5) is 12.3. The Morgan fingerprint density at radius 1 is 1.26 bits per heavy atom. The molecule has 8 atom stereocenters. The minimum Gasteiger partial charge on any atom is -0.459 e. The van der Waals surface area contributed by atoms with Crippen LogP contribution in [0.25, 0.3) is 0 Å². The molecule has 0 unspecified atom stereocenters. The number of ether oxygens (including phenoxy) is 2. The van der Waals surface area contributed by atoms with Gasteiger partial charge in [0.25, 0.3) is 0 Å². The van der Waals surface area contributed by atoms with Crippen LogP contribution < -0.4 is 0 Å². The first-order valence-electron chi connectivity index (χ1n) is 10.5. The Morgan fingerprint density at radius 2 is 1.89 bits per heavy atom. The standard InChI is InChI=1S/C21H36O5Si/c1-12-13-9-10-19(5)15(25-27(7,8)18(2,3)4)11-14(22)20(6)21(19,26-20)16(13)24-17(12)23/h12-16,22H,9-11H2,1-8H3/t12-,13-,14-,15+,16-,19-,20-,21+/m0/s1. The Hall–Kier alpha value is -0.433. The van der Waals surface area contributed by atoms with Crippen LogP contribution in [0.2, 0.25) is 18.1 Å². The van der Waals surface area contributed by atoms with Crippen LogP contribution in [0.15, 0.2) is 0 Å². The fourth-order valence-electron chi connectivity index (χ4n) is 5.97. The van der Waals surface area contributed by atoms with Crippen LogP contribution >= 0.6 is 0 Å². The summed E-state index contributed by atoms with van der Waals surface area (Å²) in [5.41, 5.74) is -1.54. The van der Waals surface area contributed by atoms with Crippen LogP contribution in [0.1, 0.15) is 60.8 Å². The fourth-order valence-corrected chi connectivity index (χ4v) is 7.39. The second-order valence-corrected chi connectivity index (χ2v) is 16.1. The SMILES string of the molecule is C[C@@H]1C(=O)O[C@H]2[C@H]1CC[C@@]1(C)[C@H](O[Si](C)(C)C(C)(C)C)C[C@H](O)[C@]3(C)O[C@]213. The van der Waals surface area contributed by atoms with Crippen LogP contribution in [-0.2, 0) is 18.7 Å². The van der Waals surface area contributed by atoms with Gasteiger partial charge in [0.2, 0.25) is 0 Å². The summed E-state index contributed by atoms with van der Waals surface area (Å²) in [5.74, 6) is -0.0455. The topological polar surface area (TPSA) is 68.3 Å². The van der Waals surface area contributed by atoms with Crippen molar-refractivity contribution >= 4 is 14.3 Å². The van der Waals surface area contributed by atoms with E-state index in [1.165, 1.54) is 0 Å². The average molecular weight is 397 g/mol. The number of aliphatic hydroxyl groups is 1. The molecule has 4 rings (SSSR count). The predicted molar refractivity (Wildman–Crippen MR) is 105 cm³/mol. The fraction of sp³-hybridized carbons (Fsp3) is 0.952. The number of fused-ring (bicyclic) bond motifs is 1. The lowest BCUT2D eigenvalue weighted by molar-refractivity contribution is -0.161. The van der Waals surface area contributed by atoms with E-state index in [1.807, 2.05) is 13.8 Å². The van der Waals surface area contributed by atoms with Crippen LogP contribution in [0, 0.1) is 17.3 Å². The molecule has 2 heterocycles. The van der Waals surface area contributed by atoms with Gasteiger partial charge in [0.1, 0.15) is 17.3 Å². The van der Waals surface area contributed by atoms with Crippen LogP contribution in [0.3, 0.4) is 0 Å². The number of hydrogen-bond donors (Lipinski definition) is 1. The van der Waals surface area contributed by atoms with Gasteiger partial charge in [-0.2, -0.15) is 0 Å². The molecule has 0 aromatic rings. The Morgan fingerprint density at radius 3 is 2.48 bits per heavy atom. The normalized spacial score (nSPS) is 51.9. The van der Waals surface area contributed by atoms with Crippen molar-refractivity contribution in [3.8, 4) is 0 Å². The van der Waals surface area contributed by atoms with E-state index in [-0.39, 0.29) is 40.5 Å². The largest absolute Gasteiger partial charge is 0.459 e. The number of rotatable bonds is 2. The van der Waals surface area contributed by atoms with Gasteiger partial charge in [0.05, 0.1) is 18.1 Å². The van der Waals surface area contributed by atoms with Gasteiger partial charge in [-0.05, 0) is 37.9 Å². The molecule has 2 saturated carbocycles. The molecule has 0 bridgehead atoms. The van der Waals surface area contributed by atoms with E-state index in [0.29, 0.717) is 6.42 Å². The molecule has 2 aliphatic carbocycles. The van der Waals surface area contributed by atoms with Gasteiger partial charge in [-0.3, -0.25) is 4.79 Å². The highest BCUT2D eigenvalue weighted by Gasteiger charge is 2.88. The summed E-state index contributed by atoms with van der Waals surface area (Å²) < 4.78 is 19.2. The summed E-state index contributed by atoms with van der Waals surface area (Å²) in [6, 6.07) is 0. The summed E-state index contributed by atoms with van der Waals surface area (Å²) >= 11 is 0. The highest BCUT2D eigenvalue weighted by atomic mass is 28.4. The Kier molecular flexibility index (Phi) is 3.96. The summed E-state index contributed by atoms with van der Waals surface area (Å²) in [6.07, 6.45) is 1.51. The second kappa shape index (κ2) is 5.38. The van der Waals surface area contributed by atoms with Gasteiger partial charge in [0, 0.05) is 17.8 Å². The number of carbonyl (C=O) groups is 1. The Bertz CT molecular complexity index is 672. The molecule has 6 heteroatoms. The van der Waals surface area contributed by atoms with E-state index in [1.54, 1.807) is 0 Å². The highest BCUT2D eigenvalue weighted by molar-refractivity contribution is 6.74. The molecule has 2 aliphatic heterocycles. The van der Waals surface area contributed by atoms with Crippen molar-refractivity contribution in [1.82, 2.24) is 0 Å². The molecule has 0 aromatic heterocycles. The summed E-state index contributed by atoms with van der Waals surface area (Å²) in [7, 11) is -2.02. The molecule has 1 spiro atoms. The molecule has 5 nitrogen and oxygen atoms in total. The summed E-state index contributed by atoms with van der Waals surface area (Å²) in [6.45, 7) is 17.5. The lowest BCUT2D eigenvalue weighted by Crippen LogP contribution is -2.67. The van der Waals surface area contributed by atoms with E-state index < -0.39 is 25.6 Å². The van der Waals surface area contributed by atoms with Gasteiger partial charge < -0.3 is 19.0 Å². The first kappa shape index (κ1) is 19.9. The maximum Gasteiger partial charge on any atom is 0.309 e. The minimum atomic E-state index is -2.02. The third kappa shape index (κ3) is 2.24. The van der Waals surface area contributed by atoms with Crippen LogP contribution in [-0.4, -0.2) is 48.9 Å². The molecular formula is C21H36O5Si. The van der Waals surface area contributed by atoms with Gasteiger partial charge in [-0.1, -0.05) is 34.6 Å². The molecule has 4 aliphatic rings. The lowest BCUT2D eigenvalue weighted by atomic mass is 9.51. The molecule has 27 heavy (non-hydrogen) atoms. The van der Waals surface area contributed by atoms with E-state index in [9.17, 15) is 9.90 Å². The molecule has 0 radical (unpaired) electrons. The maximum atomic E-state index is 12.3. The monoisotopic (exact) mass is 396 g/mol. The predicted octanol–water partition coefficient (Wildman–Crippen LogP) is 3.65. The van der Waals surface area contributed by atoms with Gasteiger partial charge in [-0.15, -0.1) is 0 Å². The van der Waals surface area contributed by atoms with Crippen molar-refractivity contribution in [3.05, 3.63) is 0 Å². The first-order chi connectivity index (χ1) is 12.2. The molecule has 0 aromatic carbocycles. The molecule has 154 valence electrons. The lowest BCUT2D eigenvalue weighted by Gasteiger charge is -2.56. The van der Waals surface area contributed by atoms with Crippen molar-refractivity contribution in [2.45, 2.75) is 108 Å². The molecule has 0 amide bonds. The van der Waals surface area contributed by atoms with Crippen molar-refractivity contribution in [1.29, 1.82) is 0 Å². The van der Waals surface area contributed by atoms with Crippen LogP contribution in [0.5, 0.6) is 0 Å². The zero-order chi connectivity index (χ0) is 20.2. The number of carbonyl (C=O) groups excluding carboxylic acids is 1. The average Bonchev–Trinajstić information content (AvgIpc) is 3.09. The summed E-state index contributed by atoms with van der Waals surface area (Å²) in [5, 5.41) is 11.1. The maximum absolute atomic E-state index is 12.3. The van der Waals surface area contributed by atoms with E-state index >= 15 is 0 Å². The first-order valence-corrected chi connectivity index (χ1v) is 13.4. The van der Waals surface area contributed by atoms with Crippen molar-refractivity contribution in [2.75, 3.05) is 0 Å². The molecule has 1 N–H and O–H groups in total. The van der Waals surface area contributed by atoms with Gasteiger partial charge >= 0.3 is 5.97 Å². The van der Waals surface area contributed by atoms with E-state index in [0.717, 1.165) is 12.8 Å². The quantitative estimate of drug-likeness (QED) is 0.438.